The van der Waals surface area contributed by atoms with Crippen LogP contribution < -0.4 is 0 Å². The molecule has 0 aliphatic heterocycles. The van der Waals surface area contributed by atoms with Crippen molar-refractivity contribution < 1.29 is 22.2 Å². The third-order valence-electron chi connectivity index (χ3n) is 9.06. The van der Waals surface area contributed by atoms with E-state index < -0.39 is 101 Å². The highest BCUT2D eigenvalue weighted by atomic mass is 16.3. The molecule has 0 N–H and O–H groups in total. The summed E-state index contributed by atoms with van der Waals surface area (Å²) in [5.41, 5.74) is 1.41. The van der Waals surface area contributed by atoms with Crippen LogP contribution in [0.5, 0.6) is 0 Å². The molecule has 0 aliphatic rings. The van der Waals surface area contributed by atoms with Crippen molar-refractivity contribution in [2.45, 2.75) is 0 Å². The first-order chi connectivity index (χ1) is 29.7. The van der Waals surface area contributed by atoms with E-state index in [0.29, 0.717) is 38.3 Å². The fourth-order valence-electron chi connectivity index (χ4n) is 7.00. The molecule has 1 heteroatoms. The van der Waals surface area contributed by atoms with Gasteiger partial charge in [-0.2, -0.15) is 0 Å². The van der Waals surface area contributed by atoms with Crippen molar-refractivity contribution in [2.24, 2.45) is 0 Å². The first-order valence-corrected chi connectivity index (χ1v) is 15.8. The van der Waals surface area contributed by atoms with Crippen LogP contribution >= 0.6 is 0 Å². The molecule has 0 saturated carbocycles. The molecule has 0 aliphatic carbocycles. The fraction of sp³-hybridized carbons (Fsp3) is 0. The molecule has 49 heavy (non-hydrogen) atoms. The van der Waals surface area contributed by atoms with Crippen LogP contribution in [0.25, 0.3) is 98.8 Å². The molecular weight excluding hydrogens is 593 g/mol. The number of hydrogen-bond acceptors (Lipinski definition) is 1. The van der Waals surface area contributed by atoms with E-state index in [-0.39, 0.29) is 5.56 Å². The van der Waals surface area contributed by atoms with Crippen LogP contribution in [0.3, 0.4) is 0 Å². The second-order valence-corrected chi connectivity index (χ2v) is 11.8. The minimum Gasteiger partial charge on any atom is -0.456 e. The van der Waals surface area contributed by atoms with E-state index in [9.17, 15) is 4.11 Å². The predicted octanol–water partition coefficient (Wildman–Crippen LogP) is 13.7. The maximum Gasteiger partial charge on any atom is 0.136 e. The molecule has 0 atom stereocenters. The molecule has 1 heterocycles. The normalized spacial score (nSPS) is 15.4. The van der Waals surface area contributed by atoms with E-state index in [4.69, 9.17) is 18.1 Å². The Labute approximate surface area is 302 Å². The summed E-state index contributed by atoms with van der Waals surface area (Å²) in [4.78, 5) is 0. The van der Waals surface area contributed by atoms with Crippen molar-refractivity contribution in [3.05, 3.63) is 182 Å². The van der Waals surface area contributed by atoms with E-state index in [0.717, 1.165) is 32.7 Å². The number of fused-ring (bicyclic) bond motifs is 6. The monoisotopic (exact) mass is 635 g/mol. The van der Waals surface area contributed by atoms with Gasteiger partial charge in [0, 0.05) is 10.8 Å². The highest BCUT2D eigenvalue weighted by molar-refractivity contribution is 6.26. The Hall–Kier alpha value is -6.44. The number of furan rings is 1. The minimum atomic E-state index is -0.713. The number of rotatable bonds is 4. The zero-order valence-corrected chi connectivity index (χ0v) is 25.7. The largest absolute Gasteiger partial charge is 0.456 e. The lowest BCUT2D eigenvalue weighted by atomic mass is 9.83. The van der Waals surface area contributed by atoms with Gasteiger partial charge in [-0.3, -0.25) is 0 Å². The predicted molar refractivity (Wildman–Crippen MR) is 208 cm³/mol. The van der Waals surface area contributed by atoms with E-state index in [1.807, 2.05) is 97.1 Å². The van der Waals surface area contributed by atoms with Gasteiger partial charge in [0.25, 0.3) is 0 Å². The van der Waals surface area contributed by atoms with Crippen LogP contribution in [-0.4, -0.2) is 0 Å². The first-order valence-electron chi connectivity index (χ1n) is 22.3. The molecule has 0 amide bonds. The Kier molecular flexibility index (Phi) is 3.99. The molecule has 228 valence electrons. The van der Waals surface area contributed by atoms with Crippen molar-refractivity contribution in [2.75, 3.05) is 0 Å². The van der Waals surface area contributed by atoms with Gasteiger partial charge in [0.05, 0.1) is 17.8 Å². The van der Waals surface area contributed by atoms with E-state index >= 15 is 0 Å². The fourth-order valence-corrected chi connectivity index (χ4v) is 7.00. The van der Waals surface area contributed by atoms with Gasteiger partial charge in [0.1, 0.15) is 11.2 Å². The molecule has 0 radical (unpaired) electrons. The molecule has 0 unspecified atom stereocenters. The third-order valence-corrected chi connectivity index (χ3v) is 9.06. The summed E-state index contributed by atoms with van der Waals surface area (Å²) in [5.74, 6) is 0. The molecule has 0 saturated heterocycles. The first kappa shape index (κ1) is 17.6. The van der Waals surface area contributed by atoms with Gasteiger partial charge >= 0.3 is 0 Å². The van der Waals surface area contributed by atoms with Crippen molar-refractivity contribution >= 4 is 54.3 Å². The van der Waals surface area contributed by atoms with Crippen molar-refractivity contribution in [3.8, 4) is 44.5 Å². The molecule has 9 aromatic carbocycles. The van der Waals surface area contributed by atoms with E-state index in [1.54, 1.807) is 0 Å². The van der Waals surface area contributed by atoms with Gasteiger partial charge in [-0.25, -0.2) is 0 Å². The zero-order valence-electron chi connectivity index (χ0n) is 38.7. The van der Waals surface area contributed by atoms with Crippen LogP contribution in [0.1, 0.15) is 17.8 Å². The molecular formula is C48H30O. The lowest BCUT2D eigenvalue weighted by Gasteiger charge is -2.19. The van der Waals surface area contributed by atoms with Gasteiger partial charge in [0.15, 0.2) is 0 Å². The van der Waals surface area contributed by atoms with Gasteiger partial charge < -0.3 is 4.42 Å². The van der Waals surface area contributed by atoms with Gasteiger partial charge in [-0.15, -0.1) is 0 Å². The SMILES string of the molecule is [2H]c1c([2H])c([2H])c(-c2c([2H])c(-c3c([2H])c([2H])c([2H])c([2H])c3[2H])c([2H])c(-c3c4ccccc4c(-c4cccc5oc6cc7ccccc7cc6c45)c4ccccc34)c2[2H])c([2H])c1[2H]. The van der Waals surface area contributed by atoms with Crippen molar-refractivity contribution in [3.63, 3.8) is 0 Å². The van der Waals surface area contributed by atoms with Gasteiger partial charge in [-0.1, -0.05) is 145 Å². The second kappa shape index (κ2) is 11.1. The van der Waals surface area contributed by atoms with Gasteiger partial charge in [0.2, 0.25) is 0 Å². The van der Waals surface area contributed by atoms with Crippen LogP contribution in [0.4, 0.5) is 0 Å². The summed E-state index contributed by atoms with van der Waals surface area (Å²) in [7, 11) is 0. The summed E-state index contributed by atoms with van der Waals surface area (Å²) < 4.78 is 122. The van der Waals surface area contributed by atoms with Crippen LogP contribution in [0, 0.1) is 0 Å². The smallest absolute Gasteiger partial charge is 0.136 e. The summed E-state index contributed by atoms with van der Waals surface area (Å²) in [6, 6.07) is 24.2. The maximum absolute atomic E-state index is 9.90. The maximum atomic E-state index is 9.90. The van der Waals surface area contributed by atoms with Gasteiger partial charge in [-0.05, 0) is 113 Å². The quantitative estimate of drug-likeness (QED) is 0.175. The lowest BCUT2D eigenvalue weighted by molar-refractivity contribution is 0.669. The van der Waals surface area contributed by atoms with Crippen LogP contribution in [0.15, 0.2) is 186 Å². The number of hydrogen-bond donors (Lipinski definition) is 0. The van der Waals surface area contributed by atoms with E-state index in [2.05, 4.69) is 6.07 Å². The summed E-state index contributed by atoms with van der Waals surface area (Å²) >= 11 is 0. The standard InChI is InChI=1S/C48H30O/c1-3-14-31(15-4-1)35-26-36(32-16-5-2-6-17-32)28-37(27-35)46-38-20-9-11-22-40(38)47(41-23-12-10-21-39(41)46)42-24-13-25-44-48(42)43-29-33-18-7-8-19-34(33)30-45(43)49-44/h1-30H/i1D,2D,3D,4D,5D,6D,14D,15D,16D,17D,26D,27D,28D. The summed E-state index contributed by atoms with van der Waals surface area (Å²) in [6.07, 6.45) is 0. The summed E-state index contributed by atoms with van der Waals surface area (Å²) in [5, 5.41) is 6.41. The molecule has 0 fully saturated rings. The lowest BCUT2D eigenvalue weighted by Crippen LogP contribution is -1.92. The zero-order chi connectivity index (χ0) is 43.6. The second-order valence-electron chi connectivity index (χ2n) is 11.8. The molecule has 0 spiro atoms. The van der Waals surface area contributed by atoms with E-state index in [1.165, 1.54) is 0 Å². The highest BCUT2D eigenvalue weighted by Gasteiger charge is 2.21. The Morgan fingerprint density at radius 2 is 0.898 bits per heavy atom. The Morgan fingerprint density at radius 3 is 1.49 bits per heavy atom. The highest BCUT2D eigenvalue weighted by Crippen LogP contribution is 2.48. The molecule has 1 nitrogen and oxygen atoms in total. The molecule has 0 bridgehead atoms. The average molecular weight is 636 g/mol. The van der Waals surface area contributed by atoms with Crippen molar-refractivity contribution in [1.29, 1.82) is 0 Å². The third kappa shape index (κ3) is 4.47. The molecule has 10 aromatic rings. The number of benzene rings is 9. The Balaban J connectivity index is 1.40. The van der Waals surface area contributed by atoms with Crippen LogP contribution in [-0.2, 0) is 0 Å². The minimum absolute atomic E-state index is 0.123. The van der Waals surface area contributed by atoms with Crippen molar-refractivity contribution in [1.82, 2.24) is 0 Å². The molecule has 10 rings (SSSR count). The topological polar surface area (TPSA) is 13.1 Å². The summed E-state index contributed by atoms with van der Waals surface area (Å²) in [6.45, 7) is 0. The average Bonchev–Trinajstić information content (AvgIpc) is 3.65. The Bertz CT molecular complexity index is 3420. The van der Waals surface area contributed by atoms with Crippen LogP contribution in [0.2, 0.25) is 0 Å². The Morgan fingerprint density at radius 1 is 0.388 bits per heavy atom. The molecule has 1 aromatic heterocycles.